The van der Waals surface area contributed by atoms with E-state index in [9.17, 15) is 19.2 Å². The van der Waals surface area contributed by atoms with Crippen molar-refractivity contribution >= 4 is 68.8 Å². The Bertz CT molecular complexity index is 1930. The van der Waals surface area contributed by atoms with Gasteiger partial charge in [0.1, 0.15) is 10.9 Å². The summed E-state index contributed by atoms with van der Waals surface area (Å²) in [6, 6.07) is 38.8. The normalized spacial score (nSPS) is 11.6. The fraction of sp³-hybridized carbons (Fsp3) is 0.0270. The van der Waals surface area contributed by atoms with Crippen molar-refractivity contribution < 1.29 is 19.2 Å². The third-order valence-electron chi connectivity index (χ3n) is 6.85. The second kappa shape index (κ2) is 15.7. The zero-order chi connectivity index (χ0) is 33.2. The van der Waals surface area contributed by atoms with Crippen LogP contribution < -0.4 is 21.7 Å². The van der Waals surface area contributed by atoms with Gasteiger partial charge in [0.15, 0.2) is 0 Å². The highest BCUT2D eigenvalue weighted by Crippen LogP contribution is 2.37. The Morgan fingerprint density at radius 2 is 1.38 bits per heavy atom. The lowest BCUT2D eigenvalue weighted by Gasteiger charge is -2.18. The smallest absolute Gasteiger partial charge is 0.272 e. The molecule has 0 saturated carbocycles. The number of para-hydroxylation sites is 1. The second-order valence-corrected chi connectivity index (χ2v) is 12.3. The van der Waals surface area contributed by atoms with Crippen molar-refractivity contribution in [2.75, 3.05) is 10.6 Å². The monoisotopic (exact) mass is 704 g/mol. The minimum absolute atomic E-state index is 0.0499. The Morgan fingerprint density at radius 3 is 2.09 bits per heavy atom. The standard InChI is InChI=1S/C37H29BrN4O4S/c38-27-20-18-24(19-21-27)22-32(42-35(44)26-12-5-2-6-13-26)36(45)40-28-14-9-15-29(23-28)47-33(25-10-3-1-4-11-25)37(46)41-31-17-8-7-16-30(31)34(39)43/h1-23,33H,(H2,39,43)(H,40,45)(H,41,46)(H,42,44)/b32-22+. The second-order valence-electron chi connectivity index (χ2n) is 10.2. The molecule has 47 heavy (non-hydrogen) atoms. The lowest BCUT2D eigenvalue weighted by atomic mass is 10.1. The van der Waals surface area contributed by atoms with Crippen LogP contribution in [0.15, 0.2) is 149 Å². The molecule has 0 spiro atoms. The van der Waals surface area contributed by atoms with Crippen LogP contribution in [0.25, 0.3) is 6.08 Å². The Kier molecular flexibility index (Phi) is 11.0. The number of rotatable bonds is 11. The van der Waals surface area contributed by atoms with Gasteiger partial charge in [-0.25, -0.2) is 0 Å². The molecule has 1 unspecified atom stereocenters. The van der Waals surface area contributed by atoms with Gasteiger partial charge in [0, 0.05) is 20.6 Å². The highest BCUT2D eigenvalue weighted by atomic mass is 79.9. The first-order valence-electron chi connectivity index (χ1n) is 14.4. The van der Waals surface area contributed by atoms with Crippen molar-refractivity contribution in [3.63, 3.8) is 0 Å². The maximum absolute atomic E-state index is 13.7. The predicted molar refractivity (Wildman–Crippen MR) is 190 cm³/mol. The van der Waals surface area contributed by atoms with E-state index in [-0.39, 0.29) is 17.2 Å². The van der Waals surface area contributed by atoms with Gasteiger partial charge in [-0.3, -0.25) is 19.2 Å². The first-order chi connectivity index (χ1) is 22.8. The van der Waals surface area contributed by atoms with Crippen LogP contribution in [0.4, 0.5) is 11.4 Å². The zero-order valence-corrected chi connectivity index (χ0v) is 27.3. The predicted octanol–water partition coefficient (Wildman–Crippen LogP) is 7.43. The molecule has 0 radical (unpaired) electrons. The number of carbonyl (C=O) groups excluding carboxylic acids is 4. The van der Waals surface area contributed by atoms with Crippen LogP contribution in [0.2, 0.25) is 0 Å². The molecule has 0 aliphatic heterocycles. The van der Waals surface area contributed by atoms with Crippen molar-refractivity contribution in [1.29, 1.82) is 0 Å². The summed E-state index contributed by atoms with van der Waals surface area (Å²) in [6.45, 7) is 0. The number of benzene rings is 5. The van der Waals surface area contributed by atoms with Gasteiger partial charge in [-0.15, -0.1) is 11.8 Å². The van der Waals surface area contributed by atoms with E-state index in [1.165, 1.54) is 11.8 Å². The summed E-state index contributed by atoms with van der Waals surface area (Å²) in [5, 5.41) is 7.76. The fourth-order valence-corrected chi connectivity index (χ4v) is 5.90. The van der Waals surface area contributed by atoms with E-state index in [4.69, 9.17) is 5.73 Å². The van der Waals surface area contributed by atoms with E-state index < -0.39 is 23.0 Å². The molecule has 0 heterocycles. The van der Waals surface area contributed by atoms with Crippen LogP contribution in [-0.2, 0) is 9.59 Å². The number of nitrogens with one attached hydrogen (secondary N) is 3. The van der Waals surface area contributed by atoms with Gasteiger partial charge in [0.2, 0.25) is 5.91 Å². The van der Waals surface area contributed by atoms with Crippen molar-refractivity contribution in [2.45, 2.75) is 10.1 Å². The molecule has 0 aliphatic carbocycles. The number of thioether (sulfide) groups is 1. The third-order valence-corrected chi connectivity index (χ3v) is 8.62. The van der Waals surface area contributed by atoms with Crippen LogP contribution in [0.3, 0.4) is 0 Å². The van der Waals surface area contributed by atoms with E-state index in [0.717, 1.165) is 10.0 Å². The maximum atomic E-state index is 13.7. The highest BCUT2D eigenvalue weighted by Gasteiger charge is 2.24. The highest BCUT2D eigenvalue weighted by molar-refractivity contribution is 9.10. The van der Waals surface area contributed by atoms with Gasteiger partial charge in [0.25, 0.3) is 17.7 Å². The molecule has 5 aromatic rings. The SMILES string of the molecule is NC(=O)c1ccccc1NC(=O)C(Sc1cccc(NC(=O)/C(=C\c2ccc(Br)cc2)NC(=O)c2ccccc2)c1)c1ccccc1. The third kappa shape index (κ3) is 9.06. The van der Waals surface area contributed by atoms with Crippen LogP contribution in [0, 0.1) is 0 Å². The van der Waals surface area contributed by atoms with Crippen molar-refractivity contribution in [1.82, 2.24) is 5.32 Å². The minimum atomic E-state index is -0.707. The maximum Gasteiger partial charge on any atom is 0.272 e. The number of hydrogen-bond donors (Lipinski definition) is 4. The van der Waals surface area contributed by atoms with Gasteiger partial charge < -0.3 is 21.7 Å². The zero-order valence-electron chi connectivity index (χ0n) is 24.9. The average molecular weight is 706 g/mol. The Morgan fingerprint density at radius 1 is 0.723 bits per heavy atom. The summed E-state index contributed by atoms with van der Waals surface area (Å²) in [4.78, 5) is 52.9. The first-order valence-corrected chi connectivity index (χ1v) is 16.1. The molecule has 0 aliphatic rings. The molecule has 5 aromatic carbocycles. The lowest BCUT2D eigenvalue weighted by Crippen LogP contribution is -2.30. The van der Waals surface area contributed by atoms with E-state index in [1.807, 2.05) is 60.7 Å². The van der Waals surface area contributed by atoms with Gasteiger partial charge in [-0.2, -0.15) is 0 Å². The number of amides is 4. The molecule has 5 rings (SSSR count). The van der Waals surface area contributed by atoms with Crippen molar-refractivity contribution in [3.05, 3.63) is 166 Å². The average Bonchev–Trinajstić information content (AvgIpc) is 3.09. The van der Waals surface area contributed by atoms with E-state index in [1.54, 1.807) is 78.9 Å². The molecule has 0 saturated heterocycles. The minimum Gasteiger partial charge on any atom is -0.366 e. The van der Waals surface area contributed by atoms with Crippen LogP contribution in [-0.4, -0.2) is 23.6 Å². The summed E-state index contributed by atoms with van der Waals surface area (Å²) in [5.74, 6) is -1.96. The number of carbonyl (C=O) groups is 4. The number of hydrogen-bond acceptors (Lipinski definition) is 5. The van der Waals surface area contributed by atoms with Crippen molar-refractivity contribution in [2.24, 2.45) is 5.73 Å². The van der Waals surface area contributed by atoms with Gasteiger partial charge >= 0.3 is 0 Å². The molecule has 0 bridgehead atoms. The molecular weight excluding hydrogens is 676 g/mol. The quantitative estimate of drug-likeness (QED) is 0.0839. The molecule has 8 nitrogen and oxygen atoms in total. The summed E-state index contributed by atoms with van der Waals surface area (Å²) in [5.41, 5.74) is 8.41. The Labute approximate surface area is 284 Å². The lowest BCUT2D eigenvalue weighted by molar-refractivity contribution is -0.116. The molecule has 4 amide bonds. The fourth-order valence-electron chi connectivity index (χ4n) is 4.56. The van der Waals surface area contributed by atoms with Crippen LogP contribution in [0.1, 0.15) is 37.1 Å². The number of anilines is 2. The van der Waals surface area contributed by atoms with Gasteiger partial charge in [-0.1, -0.05) is 94.8 Å². The topological polar surface area (TPSA) is 130 Å². The van der Waals surface area contributed by atoms with E-state index in [2.05, 4.69) is 31.9 Å². The summed E-state index contributed by atoms with van der Waals surface area (Å²) in [6.07, 6.45) is 1.60. The van der Waals surface area contributed by atoms with Crippen LogP contribution >= 0.6 is 27.7 Å². The molecule has 234 valence electrons. The molecular formula is C37H29BrN4O4S. The van der Waals surface area contributed by atoms with Gasteiger partial charge in [-0.05, 0) is 71.8 Å². The largest absolute Gasteiger partial charge is 0.366 e. The molecule has 0 aromatic heterocycles. The van der Waals surface area contributed by atoms with Gasteiger partial charge in [0.05, 0.1) is 11.3 Å². The van der Waals surface area contributed by atoms with E-state index >= 15 is 0 Å². The number of primary amides is 1. The molecule has 1 atom stereocenters. The molecule has 5 N–H and O–H groups in total. The summed E-state index contributed by atoms with van der Waals surface area (Å²) in [7, 11) is 0. The summed E-state index contributed by atoms with van der Waals surface area (Å²) < 4.78 is 0.878. The van der Waals surface area contributed by atoms with E-state index in [0.29, 0.717) is 27.4 Å². The van der Waals surface area contributed by atoms with Crippen LogP contribution in [0.5, 0.6) is 0 Å². The molecule has 0 fully saturated rings. The Hall–Kier alpha value is -5.45. The number of nitrogens with two attached hydrogens (primary N) is 1. The van der Waals surface area contributed by atoms with Crippen molar-refractivity contribution in [3.8, 4) is 0 Å². The Balaban J connectivity index is 1.38. The molecule has 10 heteroatoms. The first kappa shape index (κ1) is 32.9. The number of halogens is 1. The summed E-state index contributed by atoms with van der Waals surface area (Å²) >= 11 is 4.69.